The van der Waals surface area contributed by atoms with Gasteiger partial charge in [-0.05, 0) is 70.3 Å². The van der Waals surface area contributed by atoms with Gasteiger partial charge in [-0.1, -0.05) is 306 Å². The van der Waals surface area contributed by atoms with E-state index in [4.69, 9.17) is 13.8 Å². The van der Waals surface area contributed by atoms with Crippen LogP contribution >= 0.6 is 7.82 Å². The monoisotopic (exact) mass is 1160 g/mol. The number of carbonyl (C=O) groups is 2. The Morgan fingerprint density at radius 2 is 0.802 bits per heavy atom. The van der Waals surface area contributed by atoms with E-state index in [0.29, 0.717) is 23.9 Å². The zero-order valence-corrected chi connectivity index (χ0v) is 54.9. The van der Waals surface area contributed by atoms with E-state index in [9.17, 15) is 19.0 Å². The lowest BCUT2D eigenvalue weighted by Gasteiger charge is -2.27. The van der Waals surface area contributed by atoms with Crippen LogP contribution in [-0.2, 0) is 27.9 Å². The van der Waals surface area contributed by atoms with E-state index in [0.717, 1.165) is 77.0 Å². The summed E-state index contributed by atoms with van der Waals surface area (Å²) >= 11 is 0. The molecule has 0 rings (SSSR count). The lowest BCUT2D eigenvalue weighted by Crippen LogP contribution is -2.47. The number of unbranched alkanes of at least 4 members (excludes halogenated alkanes) is 36. The molecular formula is C71H132N2O7P+. The molecule has 0 aromatic heterocycles. The van der Waals surface area contributed by atoms with E-state index in [1.807, 2.05) is 33.3 Å². The van der Waals surface area contributed by atoms with E-state index in [-0.39, 0.29) is 31.5 Å². The van der Waals surface area contributed by atoms with Gasteiger partial charge in [0.25, 0.3) is 0 Å². The molecule has 1 amide bonds. The van der Waals surface area contributed by atoms with Crippen molar-refractivity contribution < 1.29 is 37.3 Å². The number of carbonyl (C=O) groups excluding carboxylic acids is 2. The summed E-state index contributed by atoms with van der Waals surface area (Å²) < 4.78 is 30.7. The van der Waals surface area contributed by atoms with Crippen molar-refractivity contribution in [2.24, 2.45) is 0 Å². The number of rotatable bonds is 62. The SMILES string of the molecule is CC/C=C\C/C=C\C/C=C\C/C=C\C/C=C\CCCC(=O)OC(/C=C\CCCCCCCCCCCCC)C(COP(=O)(O)OCC[N+](C)(C)C)NC(=O)CCCCCCCCCCCCCCCCCCCCCCCCCCC. The highest BCUT2D eigenvalue weighted by Crippen LogP contribution is 2.43. The summed E-state index contributed by atoms with van der Waals surface area (Å²) in [5, 5.41) is 3.06. The average molecular weight is 1160 g/mol. The Morgan fingerprint density at radius 1 is 0.444 bits per heavy atom. The van der Waals surface area contributed by atoms with Gasteiger partial charge in [0.2, 0.25) is 5.91 Å². The summed E-state index contributed by atoms with van der Waals surface area (Å²) in [6, 6.07) is -0.873. The average Bonchev–Trinajstić information content (AvgIpc) is 3.44. The van der Waals surface area contributed by atoms with Crippen molar-refractivity contribution in [3.05, 3.63) is 72.9 Å². The predicted molar refractivity (Wildman–Crippen MR) is 351 cm³/mol. The maximum absolute atomic E-state index is 13.6. The first kappa shape index (κ1) is 78.5. The number of nitrogens with zero attached hydrogens (tertiary/aromatic N) is 1. The first-order valence-electron chi connectivity index (χ1n) is 34.3. The van der Waals surface area contributed by atoms with E-state index in [1.165, 1.54) is 199 Å². The van der Waals surface area contributed by atoms with Crippen LogP contribution in [0.5, 0.6) is 0 Å². The highest BCUT2D eigenvalue weighted by atomic mass is 31.2. The van der Waals surface area contributed by atoms with Crippen LogP contribution < -0.4 is 5.32 Å². The summed E-state index contributed by atoms with van der Waals surface area (Å²) in [5.41, 5.74) is 0. The Morgan fingerprint density at radius 3 is 1.20 bits per heavy atom. The number of amides is 1. The summed E-state index contributed by atoms with van der Waals surface area (Å²) in [7, 11) is 1.47. The Kier molecular flexibility index (Phi) is 58.7. The van der Waals surface area contributed by atoms with Crippen molar-refractivity contribution in [2.45, 2.75) is 328 Å². The largest absolute Gasteiger partial charge is 0.472 e. The third kappa shape index (κ3) is 61.8. The minimum absolute atomic E-state index is 0.0308. The number of hydrogen-bond acceptors (Lipinski definition) is 6. The first-order valence-corrected chi connectivity index (χ1v) is 35.8. The van der Waals surface area contributed by atoms with Crippen LogP contribution in [0.4, 0.5) is 0 Å². The number of hydrogen-bond donors (Lipinski definition) is 2. The highest BCUT2D eigenvalue weighted by molar-refractivity contribution is 7.47. The fraction of sp³-hybridized carbons (Fsp3) is 0.803. The quantitative estimate of drug-likeness (QED) is 0.0205. The topological polar surface area (TPSA) is 111 Å². The molecule has 472 valence electrons. The molecular weight excluding hydrogens is 1020 g/mol. The van der Waals surface area contributed by atoms with Gasteiger partial charge in [-0.2, -0.15) is 0 Å². The molecule has 0 spiro atoms. The molecule has 0 aliphatic heterocycles. The van der Waals surface area contributed by atoms with Crippen molar-refractivity contribution in [3.63, 3.8) is 0 Å². The highest BCUT2D eigenvalue weighted by Gasteiger charge is 2.30. The number of phosphoric acid groups is 1. The maximum Gasteiger partial charge on any atom is 0.472 e. The molecule has 9 nitrogen and oxygen atoms in total. The van der Waals surface area contributed by atoms with Crippen LogP contribution in [-0.4, -0.2) is 74.3 Å². The number of nitrogens with one attached hydrogen (secondary N) is 1. The molecule has 0 radical (unpaired) electrons. The Balaban J connectivity index is 5.15. The van der Waals surface area contributed by atoms with Crippen molar-refractivity contribution in [2.75, 3.05) is 40.9 Å². The van der Waals surface area contributed by atoms with Crippen LogP contribution in [0, 0.1) is 0 Å². The van der Waals surface area contributed by atoms with Crippen LogP contribution in [0.1, 0.15) is 316 Å². The van der Waals surface area contributed by atoms with Gasteiger partial charge in [0.1, 0.15) is 19.3 Å². The van der Waals surface area contributed by atoms with Gasteiger partial charge in [0, 0.05) is 12.8 Å². The Labute approximate surface area is 502 Å². The number of likely N-dealkylation sites (N-methyl/N-ethyl adjacent to an activating group) is 1. The second-order valence-corrected chi connectivity index (χ2v) is 25.8. The van der Waals surface area contributed by atoms with E-state index < -0.39 is 20.0 Å². The normalized spacial score (nSPS) is 14.0. The molecule has 0 heterocycles. The molecule has 0 saturated heterocycles. The van der Waals surface area contributed by atoms with Crippen LogP contribution in [0.3, 0.4) is 0 Å². The fourth-order valence-electron chi connectivity index (χ4n) is 9.92. The molecule has 0 aromatic carbocycles. The lowest BCUT2D eigenvalue weighted by molar-refractivity contribution is -0.870. The van der Waals surface area contributed by atoms with Gasteiger partial charge in [-0.3, -0.25) is 18.6 Å². The first-order chi connectivity index (χ1) is 39.4. The van der Waals surface area contributed by atoms with Crippen molar-refractivity contribution in [1.29, 1.82) is 0 Å². The van der Waals surface area contributed by atoms with Crippen molar-refractivity contribution >= 4 is 19.7 Å². The number of quaternary nitrogens is 1. The molecule has 10 heteroatoms. The summed E-state index contributed by atoms with van der Waals surface area (Å²) in [4.78, 5) is 37.8. The molecule has 3 unspecified atom stereocenters. The Bertz CT molecular complexity index is 1620. The van der Waals surface area contributed by atoms with Gasteiger partial charge in [-0.25, -0.2) is 4.57 Å². The summed E-state index contributed by atoms with van der Waals surface area (Å²) in [6.07, 6.45) is 79.3. The minimum Gasteiger partial charge on any atom is -0.456 e. The van der Waals surface area contributed by atoms with Gasteiger partial charge in [0.15, 0.2) is 0 Å². The molecule has 81 heavy (non-hydrogen) atoms. The van der Waals surface area contributed by atoms with E-state index in [1.54, 1.807) is 0 Å². The number of ether oxygens (including phenoxy) is 1. The van der Waals surface area contributed by atoms with Crippen LogP contribution in [0.25, 0.3) is 0 Å². The second-order valence-electron chi connectivity index (χ2n) is 24.3. The van der Waals surface area contributed by atoms with Crippen molar-refractivity contribution in [3.8, 4) is 0 Å². The fourth-order valence-corrected chi connectivity index (χ4v) is 10.7. The van der Waals surface area contributed by atoms with Crippen LogP contribution in [0.2, 0.25) is 0 Å². The molecule has 0 aliphatic rings. The van der Waals surface area contributed by atoms with Crippen molar-refractivity contribution in [1.82, 2.24) is 5.32 Å². The molecule has 0 bridgehead atoms. The molecule has 0 saturated carbocycles. The van der Waals surface area contributed by atoms with Gasteiger partial charge < -0.3 is 19.4 Å². The molecule has 0 fully saturated rings. The summed E-state index contributed by atoms with van der Waals surface area (Å²) in [5.74, 6) is -0.563. The molecule has 2 N–H and O–H groups in total. The third-order valence-corrected chi connectivity index (χ3v) is 16.1. The number of esters is 1. The van der Waals surface area contributed by atoms with E-state index in [2.05, 4.69) is 86.8 Å². The van der Waals surface area contributed by atoms with E-state index >= 15 is 0 Å². The zero-order chi connectivity index (χ0) is 59.3. The number of phosphoric ester groups is 1. The predicted octanol–water partition coefficient (Wildman–Crippen LogP) is 21.6. The van der Waals surface area contributed by atoms with Gasteiger partial charge in [0.05, 0.1) is 33.8 Å². The van der Waals surface area contributed by atoms with Gasteiger partial charge in [-0.15, -0.1) is 0 Å². The molecule has 0 aliphatic carbocycles. The zero-order valence-electron chi connectivity index (χ0n) is 54.0. The molecule has 3 atom stereocenters. The third-order valence-electron chi connectivity index (χ3n) is 15.2. The Hall–Kier alpha value is -2.55. The minimum atomic E-state index is -4.47. The second kappa shape index (κ2) is 60.6. The standard InChI is InChI=1S/C71H131N2O7P/c1-7-10-13-16-19-22-25-28-30-32-33-34-35-36-37-38-39-41-42-45-48-51-54-57-60-63-70(74)72-68(67-79-81(76,77)78-66-65-73(4,5)6)69(62-59-56-53-50-47-44-27-24-21-18-15-12-9-3)80-71(75)64-61-58-55-52-49-46-43-40-31-29-26-23-20-17-14-11-8-2/h11,14,20,23,29,31,43,46,52,55,59,62,68-69H,7-10,12-13,15-19,21-22,24-28,30,32-42,44-45,47-51,53-54,56-58,60-61,63-67H2,1-6H3,(H-,72,74,76,77)/p+1/b14-11-,23-20-,31-29-,46-43-,55-52-,62-59-. The number of allylic oxidation sites excluding steroid dienone is 11. The smallest absolute Gasteiger partial charge is 0.456 e. The maximum atomic E-state index is 13.6. The summed E-state index contributed by atoms with van der Waals surface area (Å²) in [6.45, 7) is 6.90. The van der Waals surface area contributed by atoms with Crippen LogP contribution in [0.15, 0.2) is 72.9 Å². The molecule has 0 aromatic rings. The van der Waals surface area contributed by atoms with Gasteiger partial charge >= 0.3 is 13.8 Å². The lowest BCUT2D eigenvalue weighted by atomic mass is 10.0.